The molecule has 1 N–H and O–H groups in total. The summed E-state index contributed by atoms with van der Waals surface area (Å²) in [6, 6.07) is 1.94. The first kappa shape index (κ1) is 9.04. The highest BCUT2D eigenvalue weighted by atomic mass is 16.1. The number of carbonyl (C=O) groups excluding carboxylic acids is 1. The SMILES string of the molecule is CCC(C)c1c[nH]c(C(C)=O)c1. The molecule has 0 aliphatic carbocycles. The van der Waals surface area contributed by atoms with E-state index in [0.717, 1.165) is 6.42 Å². The van der Waals surface area contributed by atoms with E-state index in [-0.39, 0.29) is 5.78 Å². The summed E-state index contributed by atoms with van der Waals surface area (Å²) in [5, 5.41) is 0. The maximum Gasteiger partial charge on any atom is 0.175 e. The molecule has 0 fully saturated rings. The van der Waals surface area contributed by atoms with Crippen molar-refractivity contribution in [3.8, 4) is 0 Å². The Kier molecular flexibility index (Phi) is 2.69. The van der Waals surface area contributed by atoms with Gasteiger partial charge in [-0.2, -0.15) is 0 Å². The van der Waals surface area contributed by atoms with Gasteiger partial charge in [0.2, 0.25) is 0 Å². The second kappa shape index (κ2) is 3.57. The van der Waals surface area contributed by atoms with Crippen LogP contribution in [-0.4, -0.2) is 10.8 Å². The van der Waals surface area contributed by atoms with Gasteiger partial charge in [0.15, 0.2) is 5.78 Å². The maximum absolute atomic E-state index is 10.9. The van der Waals surface area contributed by atoms with Crippen molar-refractivity contribution in [2.24, 2.45) is 0 Å². The third-order valence-corrected chi connectivity index (χ3v) is 2.27. The molecule has 1 rings (SSSR count). The highest BCUT2D eigenvalue weighted by Gasteiger charge is 2.07. The van der Waals surface area contributed by atoms with E-state index in [1.54, 1.807) is 6.92 Å². The number of hydrogen-bond donors (Lipinski definition) is 1. The number of ketones is 1. The smallest absolute Gasteiger partial charge is 0.175 e. The standard InChI is InChI=1S/C10H15NO/c1-4-7(2)9-5-10(8(3)12)11-6-9/h5-7,11H,4H2,1-3H3. The van der Waals surface area contributed by atoms with Crippen LogP contribution in [0.3, 0.4) is 0 Å². The van der Waals surface area contributed by atoms with Crippen molar-refractivity contribution < 1.29 is 4.79 Å². The molecule has 1 atom stereocenters. The molecule has 12 heavy (non-hydrogen) atoms. The Morgan fingerprint density at radius 1 is 1.67 bits per heavy atom. The van der Waals surface area contributed by atoms with Crippen LogP contribution in [0.2, 0.25) is 0 Å². The van der Waals surface area contributed by atoms with Gasteiger partial charge in [-0.05, 0) is 24.0 Å². The monoisotopic (exact) mass is 165 g/mol. The number of hydrogen-bond acceptors (Lipinski definition) is 1. The van der Waals surface area contributed by atoms with E-state index >= 15 is 0 Å². The second-order valence-corrected chi connectivity index (χ2v) is 3.21. The maximum atomic E-state index is 10.9. The highest BCUT2D eigenvalue weighted by Crippen LogP contribution is 2.19. The quantitative estimate of drug-likeness (QED) is 0.686. The Labute approximate surface area is 73.0 Å². The molecule has 0 amide bonds. The lowest BCUT2D eigenvalue weighted by atomic mass is 10.0. The van der Waals surface area contributed by atoms with E-state index < -0.39 is 0 Å². The molecule has 0 aliphatic heterocycles. The van der Waals surface area contributed by atoms with Gasteiger partial charge in [0.05, 0.1) is 5.69 Å². The first-order chi connectivity index (χ1) is 5.65. The van der Waals surface area contributed by atoms with E-state index in [4.69, 9.17) is 0 Å². The molecule has 0 aliphatic rings. The minimum absolute atomic E-state index is 0.101. The Balaban J connectivity index is 2.84. The molecular weight excluding hydrogens is 150 g/mol. The molecule has 1 unspecified atom stereocenters. The average Bonchev–Trinajstić information content (AvgIpc) is 2.51. The van der Waals surface area contributed by atoms with Crippen molar-refractivity contribution in [3.63, 3.8) is 0 Å². The Morgan fingerprint density at radius 2 is 2.33 bits per heavy atom. The molecule has 1 heterocycles. The summed E-state index contributed by atoms with van der Waals surface area (Å²) in [5.74, 6) is 0.638. The van der Waals surface area contributed by atoms with Gasteiger partial charge in [0.25, 0.3) is 0 Å². The van der Waals surface area contributed by atoms with Gasteiger partial charge in [-0.3, -0.25) is 4.79 Å². The molecule has 2 nitrogen and oxygen atoms in total. The third-order valence-electron chi connectivity index (χ3n) is 2.27. The van der Waals surface area contributed by atoms with Crippen LogP contribution in [0.25, 0.3) is 0 Å². The van der Waals surface area contributed by atoms with Crippen molar-refractivity contribution in [2.75, 3.05) is 0 Å². The van der Waals surface area contributed by atoms with Gasteiger partial charge in [-0.25, -0.2) is 0 Å². The number of carbonyl (C=O) groups is 1. The van der Waals surface area contributed by atoms with Crippen molar-refractivity contribution in [2.45, 2.75) is 33.1 Å². The summed E-state index contributed by atoms with van der Waals surface area (Å²) < 4.78 is 0. The minimum atomic E-state index is 0.101. The van der Waals surface area contributed by atoms with Crippen molar-refractivity contribution in [1.29, 1.82) is 0 Å². The summed E-state index contributed by atoms with van der Waals surface area (Å²) in [6.07, 6.45) is 3.03. The summed E-state index contributed by atoms with van der Waals surface area (Å²) in [7, 11) is 0. The van der Waals surface area contributed by atoms with Crippen LogP contribution in [-0.2, 0) is 0 Å². The number of aromatic nitrogens is 1. The van der Waals surface area contributed by atoms with Crippen molar-refractivity contribution in [1.82, 2.24) is 4.98 Å². The Bertz CT molecular complexity index is 275. The molecule has 1 aromatic rings. The van der Waals surface area contributed by atoms with E-state index in [0.29, 0.717) is 11.6 Å². The lowest BCUT2D eigenvalue weighted by Gasteiger charge is -2.02. The molecule has 2 heteroatoms. The zero-order valence-electron chi connectivity index (χ0n) is 7.85. The first-order valence-electron chi connectivity index (χ1n) is 4.34. The molecule has 0 saturated heterocycles. The van der Waals surface area contributed by atoms with E-state index in [9.17, 15) is 4.79 Å². The summed E-state index contributed by atoms with van der Waals surface area (Å²) >= 11 is 0. The van der Waals surface area contributed by atoms with Crippen LogP contribution in [0.15, 0.2) is 12.3 Å². The number of H-pyrrole nitrogens is 1. The minimum Gasteiger partial charge on any atom is -0.359 e. The summed E-state index contributed by atoms with van der Waals surface area (Å²) in [6.45, 7) is 5.88. The lowest BCUT2D eigenvalue weighted by molar-refractivity contribution is 0.101. The predicted molar refractivity (Wildman–Crippen MR) is 49.5 cm³/mol. The molecule has 0 spiro atoms. The van der Waals surface area contributed by atoms with Crippen LogP contribution in [0.4, 0.5) is 0 Å². The first-order valence-corrected chi connectivity index (χ1v) is 4.34. The topological polar surface area (TPSA) is 32.9 Å². The van der Waals surface area contributed by atoms with Crippen LogP contribution in [0.5, 0.6) is 0 Å². The zero-order chi connectivity index (χ0) is 9.14. The number of nitrogens with one attached hydrogen (secondary N) is 1. The molecule has 0 radical (unpaired) electrons. The van der Waals surface area contributed by atoms with Crippen LogP contribution >= 0.6 is 0 Å². The largest absolute Gasteiger partial charge is 0.359 e. The fourth-order valence-corrected chi connectivity index (χ4v) is 1.13. The van der Waals surface area contributed by atoms with Gasteiger partial charge in [-0.15, -0.1) is 0 Å². The van der Waals surface area contributed by atoms with Gasteiger partial charge >= 0.3 is 0 Å². The summed E-state index contributed by atoms with van der Waals surface area (Å²) in [4.78, 5) is 13.9. The Hall–Kier alpha value is -1.05. The normalized spacial score (nSPS) is 12.9. The second-order valence-electron chi connectivity index (χ2n) is 3.21. The van der Waals surface area contributed by atoms with E-state index in [1.165, 1.54) is 5.56 Å². The van der Waals surface area contributed by atoms with Crippen LogP contribution in [0.1, 0.15) is 49.2 Å². The molecule has 0 bridgehead atoms. The molecular formula is C10H15NO. The average molecular weight is 165 g/mol. The summed E-state index contributed by atoms with van der Waals surface area (Å²) in [5.41, 5.74) is 1.94. The Morgan fingerprint density at radius 3 is 2.75 bits per heavy atom. The van der Waals surface area contributed by atoms with E-state index in [2.05, 4.69) is 18.8 Å². The van der Waals surface area contributed by atoms with Crippen molar-refractivity contribution >= 4 is 5.78 Å². The fraction of sp³-hybridized carbons (Fsp3) is 0.500. The predicted octanol–water partition coefficient (Wildman–Crippen LogP) is 2.73. The molecule has 0 saturated carbocycles. The number of Topliss-reactive ketones (excluding diaryl/α,β-unsaturated/α-hetero) is 1. The van der Waals surface area contributed by atoms with Gasteiger partial charge in [0, 0.05) is 13.1 Å². The van der Waals surface area contributed by atoms with Gasteiger partial charge in [-0.1, -0.05) is 13.8 Å². The highest BCUT2D eigenvalue weighted by molar-refractivity contribution is 5.92. The molecule has 0 aromatic carbocycles. The van der Waals surface area contributed by atoms with Gasteiger partial charge < -0.3 is 4.98 Å². The number of rotatable bonds is 3. The van der Waals surface area contributed by atoms with Crippen molar-refractivity contribution in [3.05, 3.63) is 23.5 Å². The number of aromatic amines is 1. The molecule has 66 valence electrons. The lowest BCUT2D eigenvalue weighted by Crippen LogP contribution is -1.90. The van der Waals surface area contributed by atoms with Gasteiger partial charge in [0.1, 0.15) is 0 Å². The third kappa shape index (κ3) is 1.76. The molecule has 1 aromatic heterocycles. The zero-order valence-corrected chi connectivity index (χ0v) is 7.85. The van der Waals surface area contributed by atoms with Crippen LogP contribution in [0, 0.1) is 0 Å². The fourth-order valence-electron chi connectivity index (χ4n) is 1.13. The van der Waals surface area contributed by atoms with Crippen LogP contribution < -0.4 is 0 Å². The van der Waals surface area contributed by atoms with E-state index in [1.807, 2.05) is 12.3 Å².